The first-order valence-electron chi connectivity index (χ1n) is 9.45. The molecule has 28 heavy (non-hydrogen) atoms. The predicted molar refractivity (Wildman–Crippen MR) is 108 cm³/mol. The summed E-state index contributed by atoms with van der Waals surface area (Å²) in [7, 11) is 0. The van der Waals surface area contributed by atoms with Crippen molar-refractivity contribution in [3.05, 3.63) is 35.9 Å². The first-order chi connectivity index (χ1) is 12.8. The molecule has 1 aliphatic heterocycles. The van der Waals surface area contributed by atoms with Crippen LogP contribution in [0.4, 0.5) is 9.59 Å². The normalized spacial score (nSPS) is 20.2. The van der Waals surface area contributed by atoms with Crippen molar-refractivity contribution in [1.29, 1.82) is 0 Å². The van der Waals surface area contributed by atoms with Gasteiger partial charge >= 0.3 is 12.2 Å². The summed E-state index contributed by atoms with van der Waals surface area (Å²) in [4.78, 5) is 31.1. The number of benzene rings is 1. The molecule has 2 rings (SSSR count). The summed E-state index contributed by atoms with van der Waals surface area (Å²) in [6.07, 6.45) is -0.634. The first-order valence-corrected chi connectivity index (χ1v) is 9.45. The third-order valence-corrected chi connectivity index (χ3v) is 4.05. The van der Waals surface area contributed by atoms with Crippen molar-refractivity contribution < 1.29 is 19.1 Å². The fraction of sp³-hybridized carbons (Fsp3) is 0.571. The predicted octanol–water partition coefficient (Wildman–Crippen LogP) is 4.42. The Morgan fingerprint density at radius 1 is 1.04 bits per heavy atom. The van der Waals surface area contributed by atoms with Crippen LogP contribution < -0.4 is 5.32 Å². The molecule has 154 valence electrons. The van der Waals surface area contributed by atoms with E-state index in [0.717, 1.165) is 5.56 Å². The van der Waals surface area contributed by atoms with Crippen molar-refractivity contribution in [2.45, 2.75) is 71.6 Å². The maximum absolute atomic E-state index is 12.7. The Morgan fingerprint density at radius 3 is 2.14 bits per heavy atom. The highest BCUT2D eigenvalue weighted by Gasteiger charge is 2.38. The number of guanidine groups is 1. The number of nitrogens with one attached hydrogen (secondary N) is 1. The maximum Gasteiger partial charge on any atom is 0.417 e. The van der Waals surface area contributed by atoms with Gasteiger partial charge in [0.2, 0.25) is 5.96 Å². The zero-order valence-electron chi connectivity index (χ0n) is 17.8. The van der Waals surface area contributed by atoms with Crippen molar-refractivity contribution in [2.75, 3.05) is 6.54 Å². The van der Waals surface area contributed by atoms with Crippen LogP contribution in [0.2, 0.25) is 0 Å². The van der Waals surface area contributed by atoms with Crippen LogP contribution in [-0.4, -0.2) is 40.8 Å². The maximum atomic E-state index is 12.7. The first kappa shape index (κ1) is 21.7. The Kier molecular flexibility index (Phi) is 6.06. The van der Waals surface area contributed by atoms with Crippen molar-refractivity contribution >= 4 is 18.1 Å². The van der Waals surface area contributed by atoms with E-state index in [9.17, 15) is 9.59 Å². The smallest absolute Gasteiger partial charge is 0.417 e. The van der Waals surface area contributed by atoms with Crippen molar-refractivity contribution in [3.8, 4) is 0 Å². The number of carbonyl (C=O) groups excluding carboxylic acids is 2. The van der Waals surface area contributed by atoms with E-state index >= 15 is 0 Å². The number of hydrogen-bond donors (Lipinski definition) is 1. The van der Waals surface area contributed by atoms with Crippen molar-refractivity contribution in [2.24, 2.45) is 4.99 Å². The second-order valence-corrected chi connectivity index (χ2v) is 9.08. The monoisotopic (exact) mass is 389 g/mol. The summed E-state index contributed by atoms with van der Waals surface area (Å²) in [6, 6.07) is 9.79. The zero-order chi connectivity index (χ0) is 21.2. The van der Waals surface area contributed by atoms with E-state index in [1.165, 1.54) is 4.90 Å². The lowest BCUT2D eigenvalue weighted by Crippen LogP contribution is -2.54. The van der Waals surface area contributed by atoms with Crippen LogP contribution in [0.5, 0.6) is 0 Å². The van der Waals surface area contributed by atoms with Gasteiger partial charge in [-0.05, 0) is 60.5 Å². The SMILES string of the molecule is CC(C)(C)OC(=O)NC1=NC(C)(c2ccccc2)CCN1C(=O)OC(C)(C)C. The molecule has 0 aromatic heterocycles. The van der Waals surface area contributed by atoms with Crippen molar-refractivity contribution in [3.63, 3.8) is 0 Å². The summed E-state index contributed by atoms with van der Waals surface area (Å²) in [5.74, 6) is 0.126. The molecule has 7 nitrogen and oxygen atoms in total. The number of alkyl carbamates (subject to hydrolysis) is 1. The number of nitrogens with zero attached hydrogens (tertiary/aromatic N) is 2. The lowest BCUT2D eigenvalue weighted by Gasteiger charge is -2.37. The number of aliphatic imine (C=N–C) groups is 1. The molecule has 1 N–H and O–H groups in total. The van der Waals surface area contributed by atoms with E-state index in [1.54, 1.807) is 41.5 Å². The molecule has 1 aromatic carbocycles. The Bertz CT molecular complexity index is 747. The van der Waals surface area contributed by atoms with Gasteiger partial charge in [0.25, 0.3) is 0 Å². The molecular weight excluding hydrogens is 358 g/mol. The molecule has 0 bridgehead atoms. The van der Waals surface area contributed by atoms with Crippen molar-refractivity contribution in [1.82, 2.24) is 10.2 Å². The minimum absolute atomic E-state index is 0.126. The number of hydrogen-bond acceptors (Lipinski definition) is 5. The van der Waals surface area contributed by atoms with Crippen LogP contribution in [0.3, 0.4) is 0 Å². The Labute approximate surface area is 167 Å². The minimum atomic E-state index is -0.669. The lowest BCUT2D eigenvalue weighted by molar-refractivity contribution is 0.0335. The molecular formula is C21H31N3O4. The van der Waals surface area contributed by atoms with E-state index < -0.39 is 28.9 Å². The van der Waals surface area contributed by atoms with E-state index in [1.807, 2.05) is 37.3 Å². The summed E-state index contributed by atoms with van der Waals surface area (Å²) in [6.45, 7) is 13.0. The van der Waals surface area contributed by atoms with E-state index in [4.69, 9.17) is 14.5 Å². The number of carbonyl (C=O) groups is 2. The van der Waals surface area contributed by atoms with Crippen LogP contribution in [0, 0.1) is 0 Å². The third-order valence-electron chi connectivity index (χ3n) is 4.05. The van der Waals surface area contributed by atoms with Gasteiger partial charge < -0.3 is 9.47 Å². The van der Waals surface area contributed by atoms with Crippen LogP contribution in [0.1, 0.15) is 60.5 Å². The van der Waals surface area contributed by atoms with Gasteiger partial charge in [-0.15, -0.1) is 0 Å². The van der Waals surface area contributed by atoms with Gasteiger partial charge in [0.1, 0.15) is 11.2 Å². The second-order valence-electron chi connectivity index (χ2n) is 9.08. The molecule has 1 aliphatic rings. The van der Waals surface area contributed by atoms with Gasteiger partial charge in [-0.1, -0.05) is 30.3 Å². The summed E-state index contributed by atoms with van der Waals surface area (Å²) >= 11 is 0. The molecule has 0 aliphatic carbocycles. The van der Waals surface area contributed by atoms with Gasteiger partial charge in [0.15, 0.2) is 0 Å². The van der Waals surface area contributed by atoms with E-state index in [2.05, 4.69) is 5.32 Å². The molecule has 0 fully saturated rings. The Hall–Kier alpha value is -2.57. The quantitative estimate of drug-likeness (QED) is 0.771. The van der Waals surface area contributed by atoms with Gasteiger partial charge in [-0.25, -0.2) is 19.5 Å². The van der Waals surface area contributed by atoms with Gasteiger partial charge in [0, 0.05) is 6.54 Å². The van der Waals surface area contributed by atoms with Crippen LogP contribution in [0.25, 0.3) is 0 Å². The summed E-state index contributed by atoms with van der Waals surface area (Å²) < 4.78 is 10.8. The highest BCUT2D eigenvalue weighted by atomic mass is 16.6. The molecule has 7 heteroatoms. The third kappa shape index (κ3) is 5.97. The van der Waals surface area contributed by atoms with Gasteiger partial charge in [0.05, 0.1) is 5.54 Å². The molecule has 1 atom stereocenters. The van der Waals surface area contributed by atoms with Gasteiger partial charge in [-0.2, -0.15) is 0 Å². The molecule has 0 saturated carbocycles. The zero-order valence-corrected chi connectivity index (χ0v) is 17.8. The Balaban J connectivity index is 2.35. The number of amides is 2. The molecule has 1 heterocycles. The average Bonchev–Trinajstić information content (AvgIpc) is 2.52. The van der Waals surface area contributed by atoms with Crippen LogP contribution in [0.15, 0.2) is 35.3 Å². The van der Waals surface area contributed by atoms with Crippen LogP contribution in [-0.2, 0) is 15.0 Å². The van der Waals surface area contributed by atoms with Gasteiger partial charge in [-0.3, -0.25) is 5.32 Å². The largest absolute Gasteiger partial charge is 0.444 e. The topological polar surface area (TPSA) is 80.2 Å². The molecule has 0 spiro atoms. The molecule has 0 radical (unpaired) electrons. The standard InChI is InChI=1S/C21H31N3O4/c1-19(2,3)27-17(25)22-16-23-21(7,15-11-9-8-10-12-15)13-14-24(16)18(26)28-20(4,5)6/h8-12H,13-14H2,1-7H3,(H,22,23,25). The molecule has 1 aromatic rings. The second kappa shape index (κ2) is 7.81. The fourth-order valence-electron chi connectivity index (χ4n) is 2.78. The van der Waals surface area contributed by atoms with E-state index in [-0.39, 0.29) is 5.96 Å². The molecule has 0 saturated heterocycles. The molecule has 1 unspecified atom stereocenters. The lowest BCUT2D eigenvalue weighted by atomic mass is 9.88. The van der Waals surface area contributed by atoms with Crippen LogP contribution >= 0.6 is 0 Å². The Morgan fingerprint density at radius 2 is 1.61 bits per heavy atom. The fourth-order valence-corrected chi connectivity index (χ4v) is 2.78. The highest BCUT2D eigenvalue weighted by Crippen LogP contribution is 2.33. The number of ether oxygens (including phenoxy) is 2. The average molecular weight is 389 g/mol. The van der Waals surface area contributed by atoms with E-state index in [0.29, 0.717) is 13.0 Å². The minimum Gasteiger partial charge on any atom is -0.444 e. The summed E-state index contributed by atoms with van der Waals surface area (Å²) in [5.41, 5.74) is -0.903. The summed E-state index contributed by atoms with van der Waals surface area (Å²) in [5, 5.41) is 2.63. The highest BCUT2D eigenvalue weighted by molar-refractivity contribution is 6.02. The number of rotatable bonds is 1. The molecule has 2 amide bonds.